The Hall–Kier alpha value is -1.99. The van der Waals surface area contributed by atoms with E-state index in [2.05, 4.69) is 48.4 Å². The number of esters is 2. The summed E-state index contributed by atoms with van der Waals surface area (Å²) in [5, 5.41) is 0. The van der Waals surface area contributed by atoms with Crippen molar-refractivity contribution in [3.05, 3.63) is 49.1 Å². The van der Waals surface area contributed by atoms with Crippen LogP contribution in [0.3, 0.4) is 0 Å². The summed E-state index contributed by atoms with van der Waals surface area (Å²) < 4.78 is 26.3. The van der Waals surface area contributed by atoms with Crippen molar-refractivity contribution in [1.82, 2.24) is 0 Å². The van der Waals surface area contributed by atoms with Gasteiger partial charge in [0.05, 0.1) is 6.61 Å². The van der Waals surface area contributed by atoms with Crippen LogP contribution in [0.2, 0.25) is 0 Å². The average molecular weight is 725 g/mol. The number of ether oxygens (including phenoxy) is 2. The van der Waals surface area contributed by atoms with Crippen molar-refractivity contribution in [2.45, 2.75) is 186 Å². The lowest BCUT2D eigenvalue weighted by Gasteiger charge is -2.18. The maximum Gasteiger partial charge on any atom is 0.469 e. The molecule has 0 aliphatic heterocycles. The maximum absolute atomic E-state index is 12.4. The van der Waals surface area contributed by atoms with Crippen molar-refractivity contribution in [3.8, 4) is 0 Å². The highest BCUT2D eigenvalue weighted by atomic mass is 31.2. The Balaban J connectivity index is 4.01. The van der Waals surface area contributed by atoms with Gasteiger partial charge in [-0.15, -0.1) is 6.58 Å². The van der Waals surface area contributed by atoms with Gasteiger partial charge in [-0.05, 0) is 57.8 Å². The first-order chi connectivity index (χ1) is 24.3. The van der Waals surface area contributed by atoms with Crippen molar-refractivity contribution in [2.75, 3.05) is 13.2 Å². The number of phosphoric acid groups is 1. The third-order valence-electron chi connectivity index (χ3n) is 8.47. The largest absolute Gasteiger partial charge is 0.469 e. The number of carbonyl (C=O) groups excluding carboxylic acids is 2. The van der Waals surface area contributed by atoms with Gasteiger partial charge in [-0.2, -0.15) is 0 Å². The molecule has 2 N–H and O–H groups in total. The van der Waals surface area contributed by atoms with E-state index in [-0.39, 0.29) is 19.4 Å². The van der Waals surface area contributed by atoms with Crippen LogP contribution < -0.4 is 0 Å². The van der Waals surface area contributed by atoms with E-state index in [0.717, 1.165) is 51.4 Å². The zero-order chi connectivity index (χ0) is 36.8. The minimum absolute atomic E-state index is 0.194. The second-order valence-corrected chi connectivity index (χ2v) is 14.6. The van der Waals surface area contributed by atoms with E-state index in [1.54, 1.807) is 0 Å². The standard InChI is InChI=1S/C41H73O8P/c1-3-5-7-9-11-13-15-17-19-20-22-23-25-27-29-31-33-35-40(42)47-37-39(38-48-50(44,45)46)49-41(43)36-34-32-30-28-26-24-21-18-16-14-12-10-8-6-4-2/h4,17,19,22-23,27,29,39H,2-3,5-16,18,20-21,24-26,28,30-38H2,1H3,(H2,44,45,46)/b19-17+,23-22+,29-27+/t39-/m1/s1. The summed E-state index contributed by atoms with van der Waals surface area (Å²) in [5.74, 6) is -0.948. The monoisotopic (exact) mass is 725 g/mol. The molecule has 9 heteroatoms. The number of unbranched alkanes of at least 4 members (excludes halogenated alkanes) is 20. The van der Waals surface area contributed by atoms with Gasteiger partial charge in [0.15, 0.2) is 6.10 Å². The van der Waals surface area contributed by atoms with Gasteiger partial charge in [0.25, 0.3) is 0 Å². The molecule has 1 atom stereocenters. The summed E-state index contributed by atoms with van der Waals surface area (Å²) >= 11 is 0. The van der Waals surface area contributed by atoms with Crippen molar-refractivity contribution >= 4 is 19.8 Å². The van der Waals surface area contributed by atoms with Crippen LogP contribution in [-0.4, -0.2) is 41.0 Å². The van der Waals surface area contributed by atoms with Crippen molar-refractivity contribution in [2.24, 2.45) is 0 Å². The molecular formula is C41H73O8P. The third kappa shape index (κ3) is 38.8. The zero-order valence-electron chi connectivity index (χ0n) is 31.6. The van der Waals surface area contributed by atoms with E-state index >= 15 is 0 Å². The van der Waals surface area contributed by atoms with Crippen LogP contribution in [0.25, 0.3) is 0 Å². The smallest absolute Gasteiger partial charge is 0.462 e. The average Bonchev–Trinajstić information content (AvgIpc) is 3.08. The number of hydrogen-bond acceptors (Lipinski definition) is 6. The molecule has 0 bridgehead atoms. The summed E-state index contributed by atoms with van der Waals surface area (Å²) in [5.41, 5.74) is 0. The molecule has 0 fully saturated rings. The highest BCUT2D eigenvalue weighted by Gasteiger charge is 2.22. The minimum atomic E-state index is -4.76. The first-order valence-corrected chi connectivity index (χ1v) is 21.4. The second-order valence-electron chi connectivity index (χ2n) is 13.3. The molecule has 0 radical (unpaired) electrons. The third-order valence-corrected chi connectivity index (χ3v) is 8.95. The van der Waals surface area contributed by atoms with Gasteiger partial charge in [-0.25, -0.2) is 4.57 Å². The van der Waals surface area contributed by atoms with E-state index < -0.39 is 32.5 Å². The van der Waals surface area contributed by atoms with Gasteiger partial charge in [0.1, 0.15) is 6.61 Å². The van der Waals surface area contributed by atoms with Crippen LogP contribution in [0.5, 0.6) is 0 Å². The van der Waals surface area contributed by atoms with Crippen molar-refractivity contribution < 1.29 is 37.9 Å². The van der Waals surface area contributed by atoms with Crippen molar-refractivity contribution in [3.63, 3.8) is 0 Å². The lowest BCUT2D eigenvalue weighted by molar-refractivity contribution is -0.161. The highest BCUT2D eigenvalue weighted by molar-refractivity contribution is 7.46. The first kappa shape index (κ1) is 48.0. The summed E-state index contributed by atoms with van der Waals surface area (Å²) in [4.78, 5) is 42.7. The van der Waals surface area contributed by atoms with Gasteiger partial charge in [-0.1, -0.05) is 152 Å². The van der Waals surface area contributed by atoms with E-state index in [1.165, 1.54) is 96.3 Å². The fourth-order valence-corrected chi connectivity index (χ4v) is 5.85. The quantitative estimate of drug-likeness (QED) is 0.0281. The number of rotatable bonds is 37. The number of carbonyl (C=O) groups is 2. The molecule has 290 valence electrons. The number of hydrogen-bond donors (Lipinski definition) is 2. The fourth-order valence-electron chi connectivity index (χ4n) is 5.49. The van der Waals surface area contributed by atoms with Gasteiger partial charge >= 0.3 is 19.8 Å². The number of allylic oxidation sites excluding steroid dienone is 7. The SMILES string of the molecule is C=CCCCCCCCCCCCCCCCC(=O)O[C@H](COC(=O)CCC/C=C/C/C=C/C/C=C/CCCCCCCC)COP(=O)(O)O. The maximum atomic E-state index is 12.4. The molecule has 0 saturated heterocycles. The van der Waals surface area contributed by atoms with Crippen molar-refractivity contribution in [1.29, 1.82) is 0 Å². The predicted octanol–water partition coefficient (Wildman–Crippen LogP) is 12.0. The molecule has 0 aliphatic carbocycles. The van der Waals surface area contributed by atoms with E-state index in [1.807, 2.05) is 12.2 Å². The molecule has 0 amide bonds. The van der Waals surface area contributed by atoms with E-state index in [9.17, 15) is 14.2 Å². The lowest BCUT2D eigenvalue weighted by atomic mass is 10.0. The van der Waals surface area contributed by atoms with Crippen LogP contribution in [0.1, 0.15) is 180 Å². The van der Waals surface area contributed by atoms with Gasteiger partial charge < -0.3 is 19.3 Å². The molecule has 8 nitrogen and oxygen atoms in total. The molecule has 0 rings (SSSR count). The summed E-state index contributed by atoms with van der Waals surface area (Å²) in [7, 11) is -4.76. The number of phosphoric ester groups is 1. The molecule has 0 aliphatic rings. The summed E-state index contributed by atoms with van der Waals surface area (Å²) in [6.07, 6.45) is 43.0. The molecule has 0 aromatic carbocycles. The fraction of sp³-hybridized carbons (Fsp3) is 0.756. The Morgan fingerprint density at radius 3 is 1.54 bits per heavy atom. The Labute approximate surface area is 305 Å². The summed E-state index contributed by atoms with van der Waals surface area (Å²) in [6.45, 7) is 5.14. The van der Waals surface area contributed by atoms with Crippen LogP contribution in [-0.2, 0) is 28.2 Å². The van der Waals surface area contributed by atoms with Gasteiger partial charge in [-0.3, -0.25) is 14.1 Å². The Bertz CT molecular complexity index is 939. The second kappa shape index (κ2) is 36.8. The summed E-state index contributed by atoms with van der Waals surface area (Å²) in [6, 6.07) is 0. The Kier molecular flexibility index (Phi) is 35.3. The first-order valence-electron chi connectivity index (χ1n) is 19.9. The highest BCUT2D eigenvalue weighted by Crippen LogP contribution is 2.36. The minimum Gasteiger partial charge on any atom is -0.462 e. The topological polar surface area (TPSA) is 119 Å². The zero-order valence-corrected chi connectivity index (χ0v) is 32.5. The molecule has 0 aromatic rings. The Morgan fingerprint density at radius 2 is 1.02 bits per heavy atom. The predicted molar refractivity (Wildman–Crippen MR) is 207 cm³/mol. The van der Waals surface area contributed by atoms with Crippen LogP contribution >= 0.6 is 7.82 Å². The van der Waals surface area contributed by atoms with Crippen LogP contribution in [0.4, 0.5) is 0 Å². The van der Waals surface area contributed by atoms with Gasteiger partial charge in [0.2, 0.25) is 0 Å². The van der Waals surface area contributed by atoms with Gasteiger partial charge in [0, 0.05) is 12.8 Å². The molecule has 0 spiro atoms. The molecule has 50 heavy (non-hydrogen) atoms. The molecule has 0 aromatic heterocycles. The normalized spacial score (nSPS) is 12.7. The molecule has 0 saturated carbocycles. The molecular weight excluding hydrogens is 651 g/mol. The van der Waals surface area contributed by atoms with Crippen LogP contribution in [0, 0.1) is 0 Å². The molecule has 0 heterocycles. The van der Waals surface area contributed by atoms with E-state index in [4.69, 9.17) is 19.3 Å². The molecule has 0 unspecified atom stereocenters. The van der Waals surface area contributed by atoms with Crippen LogP contribution in [0.15, 0.2) is 49.1 Å². The Morgan fingerprint density at radius 1 is 0.580 bits per heavy atom. The van der Waals surface area contributed by atoms with E-state index in [0.29, 0.717) is 12.8 Å². The lowest BCUT2D eigenvalue weighted by Crippen LogP contribution is -2.29.